The molecule has 1 heterocycles. The molecule has 1 atom stereocenters. The van der Waals surface area contributed by atoms with Crippen molar-refractivity contribution >= 4 is 17.8 Å². The fraction of sp³-hybridized carbons (Fsp3) is 0.600. The van der Waals surface area contributed by atoms with Crippen molar-refractivity contribution in [2.75, 3.05) is 38.1 Å². The van der Waals surface area contributed by atoms with Gasteiger partial charge in [0.2, 0.25) is 17.8 Å². The van der Waals surface area contributed by atoms with Gasteiger partial charge >= 0.3 is 6.01 Å². The Morgan fingerprint density at radius 2 is 2.00 bits per heavy atom. The Morgan fingerprint density at radius 3 is 2.60 bits per heavy atom. The summed E-state index contributed by atoms with van der Waals surface area (Å²) in [5.74, 6) is 5.34. The lowest BCUT2D eigenvalue weighted by Crippen LogP contribution is -2.39. The summed E-state index contributed by atoms with van der Waals surface area (Å²) in [5.41, 5.74) is 2.29. The number of rotatable bonds is 8. The Bertz CT molecular complexity index is 421. The lowest BCUT2D eigenvalue weighted by molar-refractivity contribution is -0.121. The molecule has 10 heteroatoms. The zero-order valence-electron chi connectivity index (χ0n) is 11.6. The van der Waals surface area contributed by atoms with E-state index in [1.165, 1.54) is 7.11 Å². The summed E-state index contributed by atoms with van der Waals surface area (Å²) >= 11 is 0. The second-order valence-electron chi connectivity index (χ2n) is 3.76. The average Bonchev–Trinajstić information content (AvgIpc) is 2.46. The van der Waals surface area contributed by atoms with Gasteiger partial charge in [0, 0.05) is 13.7 Å². The number of aromatic nitrogens is 3. The topological polar surface area (TPSA) is 136 Å². The molecule has 1 aromatic heterocycles. The summed E-state index contributed by atoms with van der Waals surface area (Å²) in [5, 5.41) is 5.52. The van der Waals surface area contributed by atoms with Crippen molar-refractivity contribution in [2.45, 2.75) is 13.0 Å². The Hall–Kier alpha value is -2.20. The number of nitrogen functional groups attached to an aromatic ring is 1. The molecule has 112 valence electrons. The number of hydrogen-bond donors (Lipinski definition) is 4. The van der Waals surface area contributed by atoms with Crippen LogP contribution in [-0.2, 0) is 9.53 Å². The smallest absolute Gasteiger partial charge is 0.322 e. The highest BCUT2D eigenvalue weighted by molar-refractivity contribution is 5.83. The van der Waals surface area contributed by atoms with Crippen LogP contribution in [0.3, 0.4) is 0 Å². The van der Waals surface area contributed by atoms with E-state index in [2.05, 4.69) is 31.0 Å². The van der Waals surface area contributed by atoms with E-state index in [1.807, 2.05) is 0 Å². The van der Waals surface area contributed by atoms with E-state index < -0.39 is 6.04 Å². The Kier molecular flexibility index (Phi) is 6.40. The summed E-state index contributed by atoms with van der Waals surface area (Å²) in [6.07, 6.45) is 0. The molecule has 5 N–H and O–H groups in total. The molecular formula is C10H19N7O3. The highest BCUT2D eigenvalue weighted by atomic mass is 16.5. The predicted molar refractivity (Wildman–Crippen MR) is 72.2 cm³/mol. The SMILES string of the molecule is COCCNC(=O)C(C)Nc1nc(NN)nc(OC)n1. The van der Waals surface area contributed by atoms with Crippen molar-refractivity contribution in [1.82, 2.24) is 20.3 Å². The fourth-order valence-corrected chi connectivity index (χ4v) is 1.27. The first-order valence-corrected chi connectivity index (χ1v) is 5.90. The maximum absolute atomic E-state index is 11.8. The molecule has 0 aliphatic carbocycles. The number of methoxy groups -OCH3 is 2. The summed E-state index contributed by atoms with van der Waals surface area (Å²) in [4.78, 5) is 23.5. The van der Waals surface area contributed by atoms with Gasteiger partial charge in [-0.25, -0.2) is 5.84 Å². The first-order valence-electron chi connectivity index (χ1n) is 5.90. The summed E-state index contributed by atoms with van der Waals surface area (Å²) < 4.78 is 9.75. The van der Waals surface area contributed by atoms with E-state index >= 15 is 0 Å². The molecule has 0 fully saturated rings. The van der Waals surface area contributed by atoms with Crippen molar-refractivity contribution in [2.24, 2.45) is 5.84 Å². The average molecular weight is 285 g/mol. The third kappa shape index (κ3) is 4.82. The van der Waals surface area contributed by atoms with E-state index in [0.29, 0.717) is 13.2 Å². The molecule has 0 aromatic carbocycles. The van der Waals surface area contributed by atoms with Crippen LogP contribution < -0.4 is 26.6 Å². The number of carbonyl (C=O) groups excluding carboxylic acids is 1. The molecule has 0 saturated carbocycles. The van der Waals surface area contributed by atoms with Gasteiger partial charge in [-0.05, 0) is 6.92 Å². The number of nitrogens with zero attached hydrogens (tertiary/aromatic N) is 3. The standard InChI is InChI=1S/C10H19N7O3/c1-6(7(18)12-4-5-19-2)13-8-14-9(17-11)16-10(15-8)20-3/h6H,4-5,11H2,1-3H3,(H,12,18)(H2,13,14,15,16,17). The predicted octanol–water partition coefficient (Wildman–Crippen LogP) is -1.27. The minimum atomic E-state index is -0.537. The first kappa shape index (κ1) is 15.9. The number of hydrogen-bond acceptors (Lipinski definition) is 9. The van der Waals surface area contributed by atoms with Gasteiger partial charge in [-0.2, -0.15) is 15.0 Å². The Labute approximate surface area is 116 Å². The van der Waals surface area contributed by atoms with E-state index in [4.69, 9.17) is 15.3 Å². The van der Waals surface area contributed by atoms with Gasteiger partial charge < -0.3 is 20.1 Å². The maximum atomic E-state index is 11.8. The van der Waals surface area contributed by atoms with Crippen LogP contribution in [0.2, 0.25) is 0 Å². The maximum Gasteiger partial charge on any atom is 0.322 e. The molecule has 0 spiro atoms. The van der Waals surface area contributed by atoms with Crippen LogP contribution in [-0.4, -0.2) is 54.3 Å². The van der Waals surface area contributed by atoms with Crippen LogP contribution >= 0.6 is 0 Å². The van der Waals surface area contributed by atoms with Crippen LogP contribution in [0.15, 0.2) is 0 Å². The number of anilines is 2. The van der Waals surface area contributed by atoms with Gasteiger partial charge in [0.15, 0.2) is 0 Å². The Balaban J connectivity index is 2.64. The molecule has 0 radical (unpaired) electrons. The van der Waals surface area contributed by atoms with Gasteiger partial charge in [-0.1, -0.05) is 0 Å². The lowest BCUT2D eigenvalue weighted by atomic mass is 10.3. The molecule has 1 rings (SSSR count). The number of nitrogens with one attached hydrogen (secondary N) is 3. The molecule has 20 heavy (non-hydrogen) atoms. The minimum absolute atomic E-state index is 0.0856. The van der Waals surface area contributed by atoms with Crippen LogP contribution in [0.1, 0.15) is 6.92 Å². The third-order valence-corrected chi connectivity index (χ3v) is 2.27. The van der Waals surface area contributed by atoms with Crippen molar-refractivity contribution in [3.05, 3.63) is 0 Å². The number of hydrazine groups is 1. The molecule has 0 aliphatic rings. The quantitative estimate of drug-likeness (QED) is 0.262. The minimum Gasteiger partial charge on any atom is -0.467 e. The van der Waals surface area contributed by atoms with Crippen molar-refractivity contribution < 1.29 is 14.3 Å². The van der Waals surface area contributed by atoms with Crippen LogP contribution in [0, 0.1) is 0 Å². The van der Waals surface area contributed by atoms with Gasteiger partial charge in [0.05, 0.1) is 13.7 Å². The van der Waals surface area contributed by atoms with E-state index in [9.17, 15) is 4.79 Å². The molecular weight excluding hydrogens is 266 g/mol. The Morgan fingerprint density at radius 1 is 1.30 bits per heavy atom. The van der Waals surface area contributed by atoms with E-state index in [-0.39, 0.29) is 23.8 Å². The molecule has 10 nitrogen and oxygen atoms in total. The molecule has 0 bridgehead atoms. The second-order valence-corrected chi connectivity index (χ2v) is 3.76. The summed E-state index contributed by atoms with van der Waals surface area (Å²) in [6, 6.07) is -0.452. The summed E-state index contributed by atoms with van der Waals surface area (Å²) in [6.45, 7) is 2.55. The van der Waals surface area contributed by atoms with E-state index in [0.717, 1.165) is 0 Å². The molecule has 1 unspecified atom stereocenters. The van der Waals surface area contributed by atoms with E-state index in [1.54, 1.807) is 14.0 Å². The largest absolute Gasteiger partial charge is 0.467 e. The monoisotopic (exact) mass is 285 g/mol. The first-order chi connectivity index (χ1) is 9.60. The number of amides is 1. The molecule has 1 amide bonds. The molecule has 0 aliphatic heterocycles. The lowest BCUT2D eigenvalue weighted by Gasteiger charge is -2.14. The van der Waals surface area contributed by atoms with Gasteiger partial charge in [0.1, 0.15) is 6.04 Å². The van der Waals surface area contributed by atoms with Crippen LogP contribution in [0.4, 0.5) is 11.9 Å². The highest BCUT2D eigenvalue weighted by Gasteiger charge is 2.15. The summed E-state index contributed by atoms with van der Waals surface area (Å²) in [7, 11) is 2.98. The zero-order valence-corrected chi connectivity index (χ0v) is 11.6. The zero-order chi connectivity index (χ0) is 15.0. The van der Waals surface area contributed by atoms with Crippen LogP contribution in [0.5, 0.6) is 6.01 Å². The highest BCUT2D eigenvalue weighted by Crippen LogP contribution is 2.10. The van der Waals surface area contributed by atoms with Gasteiger partial charge in [0.25, 0.3) is 0 Å². The molecule has 0 saturated heterocycles. The van der Waals surface area contributed by atoms with Gasteiger partial charge in [-0.15, -0.1) is 0 Å². The second kappa shape index (κ2) is 8.07. The number of ether oxygens (including phenoxy) is 2. The normalized spacial score (nSPS) is 11.6. The van der Waals surface area contributed by atoms with Crippen molar-refractivity contribution in [3.8, 4) is 6.01 Å². The fourth-order valence-electron chi connectivity index (χ4n) is 1.27. The number of nitrogens with two attached hydrogens (primary N) is 1. The van der Waals surface area contributed by atoms with Crippen molar-refractivity contribution in [3.63, 3.8) is 0 Å². The number of carbonyl (C=O) groups is 1. The van der Waals surface area contributed by atoms with Crippen molar-refractivity contribution in [1.29, 1.82) is 0 Å². The van der Waals surface area contributed by atoms with Gasteiger partial charge in [-0.3, -0.25) is 10.2 Å². The third-order valence-electron chi connectivity index (χ3n) is 2.27. The van der Waals surface area contributed by atoms with Crippen LogP contribution in [0.25, 0.3) is 0 Å². The molecule has 1 aromatic rings.